The highest BCUT2D eigenvalue weighted by atomic mass is 35.5. The van der Waals surface area contributed by atoms with Crippen molar-refractivity contribution in [3.63, 3.8) is 0 Å². The molecule has 35 heavy (non-hydrogen) atoms. The lowest BCUT2D eigenvalue weighted by molar-refractivity contribution is 0.211. The van der Waals surface area contributed by atoms with Gasteiger partial charge < -0.3 is 19.5 Å². The number of aromatic nitrogens is 4. The minimum absolute atomic E-state index is 0.251. The van der Waals surface area contributed by atoms with E-state index < -0.39 is 0 Å². The second kappa shape index (κ2) is 10.2. The molecule has 1 atom stereocenters. The number of nitrogens with zero attached hydrogens (tertiary/aromatic N) is 4. The first-order chi connectivity index (χ1) is 17.1. The standard InChI is InChI=1S/C25H21Cl2N5O3/c1-33-24-14-17(8-11-23(24)35-13-12-34-22-5-3-2-4-19(22)27)21-15-20(16-6-9-18(26)10-7-16)28-25-29-30-31-32(21)25/h2-11,14-15,21H,12-13H2,1H3,(H,28,29,31)/t21-/m1/s1. The lowest BCUT2D eigenvalue weighted by Gasteiger charge is -2.24. The van der Waals surface area contributed by atoms with Gasteiger partial charge in [0.05, 0.1) is 12.1 Å². The third-order valence-corrected chi connectivity index (χ3v) is 6.01. The Morgan fingerprint density at radius 2 is 1.69 bits per heavy atom. The van der Waals surface area contributed by atoms with Crippen LogP contribution in [-0.2, 0) is 0 Å². The minimum atomic E-state index is -0.251. The molecular formula is C25H21Cl2N5O3. The third kappa shape index (κ3) is 5.03. The molecular weight excluding hydrogens is 489 g/mol. The molecule has 1 N–H and O–H groups in total. The summed E-state index contributed by atoms with van der Waals surface area (Å²) in [5.41, 5.74) is 2.78. The van der Waals surface area contributed by atoms with E-state index in [1.54, 1.807) is 17.9 Å². The number of fused-ring (bicyclic) bond motifs is 1. The Labute approximate surface area is 212 Å². The Hall–Kier alpha value is -3.75. The van der Waals surface area contributed by atoms with E-state index >= 15 is 0 Å². The van der Waals surface area contributed by atoms with Gasteiger partial charge in [0.15, 0.2) is 11.5 Å². The first-order valence-electron chi connectivity index (χ1n) is 10.8. The van der Waals surface area contributed by atoms with Crippen LogP contribution in [0.5, 0.6) is 17.2 Å². The molecule has 0 radical (unpaired) electrons. The average Bonchev–Trinajstić information content (AvgIpc) is 3.36. The fraction of sp³-hybridized carbons (Fsp3) is 0.160. The molecule has 1 aromatic heterocycles. The highest BCUT2D eigenvalue weighted by Gasteiger charge is 2.25. The Bertz CT molecular complexity index is 1360. The number of ether oxygens (including phenoxy) is 3. The van der Waals surface area contributed by atoms with Crippen molar-refractivity contribution in [3.8, 4) is 17.2 Å². The van der Waals surface area contributed by atoms with E-state index in [2.05, 4.69) is 26.9 Å². The van der Waals surface area contributed by atoms with Crippen LogP contribution in [0.1, 0.15) is 17.2 Å². The number of tetrazole rings is 1. The maximum absolute atomic E-state index is 6.13. The molecule has 0 amide bonds. The molecule has 0 spiro atoms. The molecule has 0 aliphatic carbocycles. The van der Waals surface area contributed by atoms with Crippen LogP contribution in [0.15, 0.2) is 72.8 Å². The molecule has 0 saturated carbocycles. The molecule has 8 nitrogen and oxygen atoms in total. The van der Waals surface area contributed by atoms with Crippen LogP contribution in [0.25, 0.3) is 5.70 Å². The molecule has 2 heterocycles. The zero-order chi connectivity index (χ0) is 24.2. The molecule has 3 aromatic carbocycles. The first-order valence-corrected chi connectivity index (χ1v) is 11.6. The Kier molecular flexibility index (Phi) is 6.74. The Balaban J connectivity index is 1.34. The largest absolute Gasteiger partial charge is 0.493 e. The van der Waals surface area contributed by atoms with E-state index in [0.29, 0.717) is 46.5 Å². The molecule has 4 aromatic rings. The predicted octanol–water partition coefficient (Wildman–Crippen LogP) is 5.50. The SMILES string of the molecule is COc1cc([C@H]2C=C(c3ccc(Cl)cc3)Nc3nnnn32)ccc1OCCOc1ccccc1Cl. The van der Waals surface area contributed by atoms with Crippen molar-refractivity contribution < 1.29 is 14.2 Å². The monoisotopic (exact) mass is 509 g/mol. The van der Waals surface area contributed by atoms with Gasteiger partial charge in [-0.05, 0) is 64.0 Å². The number of anilines is 1. The summed E-state index contributed by atoms with van der Waals surface area (Å²) in [6, 6.07) is 20.4. The van der Waals surface area contributed by atoms with Crippen molar-refractivity contribution in [3.05, 3.63) is 94.0 Å². The maximum atomic E-state index is 6.13. The van der Waals surface area contributed by atoms with Gasteiger partial charge in [0, 0.05) is 10.7 Å². The van der Waals surface area contributed by atoms with Crippen LogP contribution in [-0.4, -0.2) is 40.5 Å². The van der Waals surface area contributed by atoms with Crippen molar-refractivity contribution in [2.45, 2.75) is 6.04 Å². The van der Waals surface area contributed by atoms with Crippen LogP contribution in [0, 0.1) is 0 Å². The summed E-state index contributed by atoms with van der Waals surface area (Å²) in [6.07, 6.45) is 2.05. The number of hydrogen-bond donors (Lipinski definition) is 1. The van der Waals surface area contributed by atoms with E-state index in [-0.39, 0.29) is 6.04 Å². The van der Waals surface area contributed by atoms with E-state index in [1.165, 1.54) is 0 Å². The molecule has 10 heteroatoms. The van der Waals surface area contributed by atoms with Gasteiger partial charge in [0.25, 0.3) is 0 Å². The molecule has 0 saturated heterocycles. The highest BCUT2D eigenvalue weighted by molar-refractivity contribution is 6.32. The number of methoxy groups -OCH3 is 1. The van der Waals surface area contributed by atoms with Gasteiger partial charge in [-0.15, -0.1) is 0 Å². The fourth-order valence-corrected chi connectivity index (χ4v) is 4.06. The summed E-state index contributed by atoms with van der Waals surface area (Å²) in [7, 11) is 1.60. The quantitative estimate of drug-likeness (QED) is 0.314. The maximum Gasteiger partial charge on any atom is 0.248 e. The summed E-state index contributed by atoms with van der Waals surface area (Å²) in [4.78, 5) is 0. The van der Waals surface area contributed by atoms with Gasteiger partial charge in [0.1, 0.15) is 25.0 Å². The van der Waals surface area contributed by atoms with E-state index in [9.17, 15) is 0 Å². The minimum Gasteiger partial charge on any atom is -0.493 e. The lowest BCUT2D eigenvalue weighted by Crippen LogP contribution is -2.20. The van der Waals surface area contributed by atoms with Crippen molar-refractivity contribution >= 4 is 34.8 Å². The fourth-order valence-electron chi connectivity index (χ4n) is 3.74. The molecule has 0 unspecified atom stereocenters. The molecule has 1 aliphatic heterocycles. The van der Waals surface area contributed by atoms with Crippen molar-refractivity contribution in [2.75, 3.05) is 25.6 Å². The van der Waals surface area contributed by atoms with Crippen molar-refractivity contribution in [2.24, 2.45) is 0 Å². The average molecular weight is 510 g/mol. The normalized spacial score (nSPS) is 14.5. The first kappa shape index (κ1) is 23.0. The third-order valence-electron chi connectivity index (χ3n) is 5.45. The number of halogens is 2. The molecule has 1 aliphatic rings. The van der Waals surface area contributed by atoms with E-state index in [1.807, 2.05) is 60.7 Å². The summed E-state index contributed by atoms with van der Waals surface area (Å²) in [6.45, 7) is 0.663. The van der Waals surface area contributed by atoms with Crippen LogP contribution < -0.4 is 19.5 Å². The number of nitrogens with one attached hydrogen (secondary N) is 1. The van der Waals surface area contributed by atoms with Gasteiger partial charge in [-0.25, -0.2) is 0 Å². The van der Waals surface area contributed by atoms with Gasteiger partial charge in [0.2, 0.25) is 5.95 Å². The zero-order valence-corrected chi connectivity index (χ0v) is 20.2. The van der Waals surface area contributed by atoms with Crippen LogP contribution >= 0.6 is 23.2 Å². The van der Waals surface area contributed by atoms with E-state index in [4.69, 9.17) is 37.4 Å². The summed E-state index contributed by atoms with van der Waals surface area (Å²) in [5.74, 6) is 2.35. The van der Waals surface area contributed by atoms with Gasteiger partial charge >= 0.3 is 0 Å². The van der Waals surface area contributed by atoms with Gasteiger partial charge in [-0.1, -0.05) is 58.6 Å². The van der Waals surface area contributed by atoms with Crippen LogP contribution in [0.3, 0.4) is 0 Å². The van der Waals surface area contributed by atoms with Crippen LogP contribution in [0.2, 0.25) is 10.0 Å². The summed E-state index contributed by atoms with van der Waals surface area (Å²) in [5, 5.41) is 16.6. The second-order valence-corrected chi connectivity index (χ2v) is 8.49. The summed E-state index contributed by atoms with van der Waals surface area (Å²) >= 11 is 12.2. The zero-order valence-electron chi connectivity index (χ0n) is 18.7. The molecule has 0 bridgehead atoms. The number of hydrogen-bond acceptors (Lipinski definition) is 7. The Morgan fingerprint density at radius 1 is 0.914 bits per heavy atom. The lowest BCUT2D eigenvalue weighted by atomic mass is 10.0. The second-order valence-electron chi connectivity index (χ2n) is 7.64. The number of allylic oxidation sites excluding steroid dienone is 1. The van der Waals surface area contributed by atoms with Gasteiger partial charge in [-0.3, -0.25) is 0 Å². The number of rotatable bonds is 8. The van der Waals surface area contributed by atoms with E-state index in [0.717, 1.165) is 16.8 Å². The molecule has 5 rings (SSSR count). The topological polar surface area (TPSA) is 83.3 Å². The summed E-state index contributed by atoms with van der Waals surface area (Å²) < 4.78 is 18.9. The van der Waals surface area contributed by atoms with Crippen molar-refractivity contribution in [1.82, 2.24) is 20.2 Å². The smallest absolute Gasteiger partial charge is 0.248 e. The van der Waals surface area contributed by atoms with Gasteiger partial charge in [-0.2, -0.15) is 4.68 Å². The number of benzene rings is 3. The highest BCUT2D eigenvalue weighted by Crippen LogP contribution is 2.36. The predicted molar refractivity (Wildman–Crippen MR) is 134 cm³/mol. The number of para-hydroxylation sites is 1. The van der Waals surface area contributed by atoms with Crippen molar-refractivity contribution in [1.29, 1.82) is 0 Å². The van der Waals surface area contributed by atoms with Crippen LogP contribution in [0.4, 0.5) is 5.95 Å². The molecule has 0 fully saturated rings. The Morgan fingerprint density at radius 3 is 2.46 bits per heavy atom. The molecule has 178 valence electrons.